The molecule has 1 aromatic rings. The van der Waals surface area contributed by atoms with Crippen LogP contribution in [0.3, 0.4) is 0 Å². The van der Waals surface area contributed by atoms with Gasteiger partial charge in [0.1, 0.15) is 0 Å². The van der Waals surface area contributed by atoms with E-state index in [1.807, 2.05) is 13.8 Å². The van der Waals surface area contributed by atoms with E-state index in [-0.39, 0.29) is 23.9 Å². The van der Waals surface area contributed by atoms with Crippen LogP contribution in [0.1, 0.15) is 43.7 Å². The number of carbonyl (C=O) groups is 1. The topological polar surface area (TPSA) is 29.1 Å². The molecule has 0 aliphatic carbocycles. The summed E-state index contributed by atoms with van der Waals surface area (Å²) in [7, 11) is 0. The molecule has 2 rings (SSSR count). The lowest BCUT2D eigenvalue weighted by Gasteiger charge is -2.29. The molecular formula is C14H16F3NO. The SMILES string of the molecule is CC(C)CC1CC(=O)Nc2c1cccc2C(F)(F)F. The van der Waals surface area contributed by atoms with Crippen LogP contribution >= 0.6 is 0 Å². The second-order valence-electron chi connectivity index (χ2n) is 5.35. The predicted octanol–water partition coefficient (Wildman–Crippen LogP) is 4.18. The number of carbonyl (C=O) groups excluding carboxylic acids is 1. The van der Waals surface area contributed by atoms with Crippen LogP contribution in [0.2, 0.25) is 0 Å². The number of nitrogens with one attached hydrogen (secondary N) is 1. The molecule has 1 unspecified atom stereocenters. The Balaban J connectivity index is 2.49. The summed E-state index contributed by atoms with van der Waals surface area (Å²) >= 11 is 0. The molecule has 1 heterocycles. The number of anilines is 1. The normalized spacial score (nSPS) is 19.3. The third kappa shape index (κ3) is 2.91. The summed E-state index contributed by atoms with van der Waals surface area (Å²) in [5.74, 6) is -0.140. The summed E-state index contributed by atoms with van der Waals surface area (Å²) in [5, 5.41) is 2.38. The van der Waals surface area contributed by atoms with E-state index in [9.17, 15) is 18.0 Å². The number of alkyl halides is 3. The standard InChI is InChI=1S/C14H16F3NO/c1-8(2)6-9-7-12(19)18-13-10(9)4-3-5-11(13)14(15,16)17/h3-5,8-9H,6-7H2,1-2H3,(H,18,19). The van der Waals surface area contributed by atoms with E-state index in [4.69, 9.17) is 0 Å². The molecule has 1 atom stereocenters. The van der Waals surface area contributed by atoms with E-state index in [1.165, 1.54) is 6.07 Å². The van der Waals surface area contributed by atoms with Crippen molar-refractivity contribution in [3.05, 3.63) is 29.3 Å². The van der Waals surface area contributed by atoms with Gasteiger partial charge >= 0.3 is 6.18 Å². The van der Waals surface area contributed by atoms with Crippen molar-refractivity contribution in [3.63, 3.8) is 0 Å². The van der Waals surface area contributed by atoms with E-state index >= 15 is 0 Å². The lowest BCUT2D eigenvalue weighted by atomic mass is 9.83. The molecule has 0 saturated carbocycles. The third-order valence-electron chi connectivity index (χ3n) is 3.29. The molecule has 1 aliphatic rings. The zero-order chi connectivity index (χ0) is 14.2. The Morgan fingerprint density at radius 3 is 2.63 bits per heavy atom. The van der Waals surface area contributed by atoms with Crippen molar-refractivity contribution in [1.29, 1.82) is 0 Å². The monoisotopic (exact) mass is 271 g/mol. The Bertz CT molecular complexity index is 494. The number of hydrogen-bond donors (Lipinski definition) is 1. The number of halogens is 3. The molecule has 5 heteroatoms. The van der Waals surface area contributed by atoms with Gasteiger partial charge in [0, 0.05) is 6.42 Å². The van der Waals surface area contributed by atoms with E-state index in [2.05, 4.69) is 5.32 Å². The van der Waals surface area contributed by atoms with Crippen LogP contribution in [0.4, 0.5) is 18.9 Å². The van der Waals surface area contributed by atoms with E-state index in [1.54, 1.807) is 6.07 Å². The highest BCUT2D eigenvalue weighted by Gasteiger charge is 2.37. The second kappa shape index (κ2) is 4.87. The Hall–Kier alpha value is -1.52. The van der Waals surface area contributed by atoms with Crippen molar-refractivity contribution < 1.29 is 18.0 Å². The van der Waals surface area contributed by atoms with E-state index < -0.39 is 11.7 Å². The van der Waals surface area contributed by atoms with Gasteiger partial charge in [-0.25, -0.2) is 0 Å². The van der Waals surface area contributed by atoms with Crippen molar-refractivity contribution >= 4 is 11.6 Å². The minimum absolute atomic E-state index is 0.0584. The highest BCUT2D eigenvalue weighted by atomic mass is 19.4. The lowest BCUT2D eigenvalue weighted by molar-refractivity contribution is -0.137. The molecule has 0 aromatic heterocycles. The van der Waals surface area contributed by atoms with Crippen LogP contribution in [-0.4, -0.2) is 5.91 Å². The van der Waals surface area contributed by atoms with Gasteiger partial charge in [-0.3, -0.25) is 4.79 Å². The first-order chi connectivity index (χ1) is 8.79. The summed E-state index contributed by atoms with van der Waals surface area (Å²) in [6.07, 6.45) is -3.48. The first-order valence-electron chi connectivity index (χ1n) is 6.29. The van der Waals surface area contributed by atoms with Gasteiger partial charge in [0.15, 0.2) is 0 Å². The average molecular weight is 271 g/mol. The van der Waals surface area contributed by atoms with Gasteiger partial charge in [-0.1, -0.05) is 26.0 Å². The smallest absolute Gasteiger partial charge is 0.325 e. The summed E-state index contributed by atoms with van der Waals surface area (Å²) in [6.45, 7) is 4.00. The van der Waals surface area contributed by atoms with Crippen molar-refractivity contribution in [2.45, 2.75) is 38.8 Å². The first kappa shape index (κ1) is 13.9. The summed E-state index contributed by atoms with van der Waals surface area (Å²) < 4.78 is 38.8. The van der Waals surface area contributed by atoms with E-state index in [0.29, 0.717) is 17.9 Å². The van der Waals surface area contributed by atoms with Gasteiger partial charge in [0.05, 0.1) is 11.3 Å². The van der Waals surface area contributed by atoms with Crippen LogP contribution in [0.15, 0.2) is 18.2 Å². The number of hydrogen-bond acceptors (Lipinski definition) is 1. The second-order valence-corrected chi connectivity index (χ2v) is 5.35. The van der Waals surface area contributed by atoms with Gasteiger partial charge in [-0.05, 0) is 29.9 Å². The van der Waals surface area contributed by atoms with Crippen LogP contribution in [0.25, 0.3) is 0 Å². The average Bonchev–Trinajstić information content (AvgIpc) is 2.25. The number of benzene rings is 1. The molecule has 0 radical (unpaired) electrons. The molecule has 0 spiro atoms. The highest BCUT2D eigenvalue weighted by molar-refractivity contribution is 5.95. The largest absolute Gasteiger partial charge is 0.418 e. The third-order valence-corrected chi connectivity index (χ3v) is 3.29. The molecule has 1 amide bonds. The number of rotatable bonds is 2. The maximum atomic E-state index is 12.9. The summed E-state index contributed by atoms with van der Waals surface area (Å²) in [5.41, 5.74) is -0.216. The van der Waals surface area contributed by atoms with Crippen molar-refractivity contribution in [2.24, 2.45) is 5.92 Å². The molecule has 1 N–H and O–H groups in total. The van der Waals surface area contributed by atoms with Gasteiger partial charge in [-0.15, -0.1) is 0 Å². The Kier molecular flexibility index (Phi) is 3.56. The van der Waals surface area contributed by atoms with Gasteiger partial charge in [-0.2, -0.15) is 13.2 Å². The Morgan fingerprint density at radius 1 is 1.37 bits per heavy atom. The Labute approximate surface area is 110 Å². The fourth-order valence-electron chi connectivity index (χ4n) is 2.59. The van der Waals surface area contributed by atoms with E-state index in [0.717, 1.165) is 6.07 Å². The van der Waals surface area contributed by atoms with Crippen LogP contribution in [0.5, 0.6) is 0 Å². The molecule has 0 fully saturated rings. The van der Waals surface area contributed by atoms with Gasteiger partial charge in [0.25, 0.3) is 0 Å². The van der Waals surface area contributed by atoms with Crippen molar-refractivity contribution in [3.8, 4) is 0 Å². The number of amides is 1. The quantitative estimate of drug-likeness (QED) is 0.859. The summed E-state index contributed by atoms with van der Waals surface area (Å²) in [4.78, 5) is 11.6. The molecule has 104 valence electrons. The van der Waals surface area contributed by atoms with Gasteiger partial charge in [0.2, 0.25) is 5.91 Å². The van der Waals surface area contributed by atoms with Crippen molar-refractivity contribution in [1.82, 2.24) is 0 Å². The molecule has 1 aromatic carbocycles. The fraction of sp³-hybridized carbons (Fsp3) is 0.500. The zero-order valence-corrected chi connectivity index (χ0v) is 10.8. The fourth-order valence-corrected chi connectivity index (χ4v) is 2.59. The maximum Gasteiger partial charge on any atom is 0.418 e. The van der Waals surface area contributed by atoms with Gasteiger partial charge < -0.3 is 5.32 Å². The molecule has 0 saturated heterocycles. The molecule has 2 nitrogen and oxygen atoms in total. The lowest BCUT2D eigenvalue weighted by Crippen LogP contribution is -2.26. The molecule has 1 aliphatic heterocycles. The number of para-hydroxylation sites is 1. The molecule has 0 bridgehead atoms. The predicted molar refractivity (Wildman–Crippen MR) is 66.9 cm³/mol. The minimum atomic E-state index is -4.45. The summed E-state index contributed by atoms with van der Waals surface area (Å²) in [6, 6.07) is 4.10. The zero-order valence-electron chi connectivity index (χ0n) is 10.8. The van der Waals surface area contributed by atoms with Crippen molar-refractivity contribution in [2.75, 3.05) is 5.32 Å². The highest BCUT2D eigenvalue weighted by Crippen LogP contribution is 2.43. The van der Waals surface area contributed by atoms with Crippen LogP contribution in [0, 0.1) is 5.92 Å². The molecule has 19 heavy (non-hydrogen) atoms. The van der Waals surface area contributed by atoms with Crippen LogP contribution in [-0.2, 0) is 11.0 Å². The maximum absolute atomic E-state index is 12.9. The minimum Gasteiger partial charge on any atom is -0.325 e. The molecular weight excluding hydrogens is 255 g/mol. The Morgan fingerprint density at radius 2 is 2.05 bits per heavy atom. The first-order valence-corrected chi connectivity index (χ1v) is 6.29. The number of fused-ring (bicyclic) bond motifs is 1. The van der Waals surface area contributed by atoms with Crippen LogP contribution < -0.4 is 5.32 Å².